The van der Waals surface area contributed by atoms with E-state index in [0.717, 1.165) is 11.1 Å². The third-order valence-electron chi connectivity index (χ3n) is 2.18. The van der Waals surface area contributed by atoms with Gasteiger partial charge in [-0.25, -0.2) is 4.79 Å². The summed E-state index contributed by atoms with van der Waals surface area (Å²) in [6.07, 6.45) is 0.527. The largest absolute Gasteiger partial charge is 0.438 e. The van der Waals surface area contributed by atoms with Crippen LogP contribution in [0.4, 0.5) is 0 Å². The molecule has 3 N–H and O–H groups in total. The van der Waals surface area contributed by atoms with E-state index in [1.165, 1.54) is 0 Å². The Morgan fingerprint density at radius 2 is 2.07 bits per heavy atom. The highest BCUT2D eigenvalue weighted by Gasteiger charge is 2.05. The molecule has 15 heavy (non-hydrogen) atoms. The number of aromatic amines is 1. The second-order valence-corrected chi connectivity index (χ2v) is 3.19. The van der Waals surface area contributed by atoms with Gasteiger partial charge in [-0.3, -0.25) is 9.51 Å². The van der Waals surface area contributed by atoms with Gasteiger partial charge in [0.1, 0.15) is 0 Å². The smallest absolute Gasteiger partial charge is 0.326 e. The van der Waals surface area contributed by atoms with Gasteiger partial charge in [-0.05, 0) is 11.1 Å². The predicted molar refractivity (Wildman–Crippen MR) is 54.3 cm³/mol. The fourth-order valence-electron chi connectivity index (χ4n) is 1.45. The highest BCUT2D eigenvalue weighted by atomic mass is 16.5. The van der Waals surface area contributed by atoms with Crippen LogP contribution >= 0.6 is 0 Å². The van der Waals surface area contributed by atoms with Gasteiger partial charge in [-0.1, -0.05) is 29.4 Å². The van der Waals surface area contributed by atoms with Crippen LogP contribution in [0.15, 0.2) is 33.6 Å². The molecule has 0 fully saturated rings. The summed E-state index contributed by atoms with van der Waals surface area (Å²) in [7, 11) is 0. The molecule has 1 aromatic heterocycles. The molecule has 0 aliphatic carbocycles. The van der Waals surface area contributed by atoms with E-state index in [2.05, 4.69) is 14.7 Å². The van der Waals surface area contributed by atoms with Crippen LogP contribution in [0.1, 0.15) is 17.0 Å². The van der Waals surface area contributed by atoms with Gasteiger partial charge < -0.3 is 5.73 Å². The summed E-state index contributed by atoms with van der Waals surface area (Å²) >= 11 is 0. The molecule has 0 radical (unpaired) electrons. The van der Waals surface area contributed by atoms with Crippen molar-refractivity contribution < 1.29 is 4.52 Å². The standard InChI is InChI=1S/C10H11N3O2/c11-6-8-4-2-1-3-7(8)5-9-12-10(14)15-13-9/h1-4H,5-6,11H2,(H,12,13,14). The van der Waals surface area contributed by atoms with Crippen LogP contribution in [0.25, 0.3) is 0 Å². The van der Waals surface area contributed by atoms with Crippen LogP contribution in [0.2, 0.25) is 0 Å². The summed E-state index contributed by atoms with van der Waals surface area (Å²) in [4.78, 5) is 13.2. The summed E-state index contributed by atoms with van der Waals surface area (Å²) in [6.45, 7) is 0.470. The van der Waals surface area contributed by atoms with Gasteiger partial charge in [-0.15, -0.1) is 0 Å². The van der Waals surface area contributed by atoms with Crippen molar-refractivity contribution >= 4 is 0 Å². The molecule has 5 nitrogen and oxygen atoms in total. The quantitative estimate of drug-likeness (QED) is 0.760. The number of nitrogens with zero attached hydrogens (tertiary/aromatic N) is 1. The molecule has 0 aliphatic rings. The third kappa shape index (κ3) is 2.13. The fourth-order valence-corrected chi connectivity index (χ4v) is 1.45. The van der Waals surface area contributed by atoms with Crippen molar-refractivity contribution in [2.45, 2.75) is 13.0 Å². The summed E-state index contributed by atoms with van der Waals surface area (Å²) < 4.78 is 4.42. The number of nitrogens with two attached hydrogens (primary N) is 1. The van der Waals surface area contributed by atoms with E-state index in [-0.39, 0.29) is 0 Å². The van der Waals surface area contributed by atoms with E-state index < -0.39 is 5.76 Å². The van der Waals surface area contributed by atoms with E-state index in [1.54, 1.807) is 0 Å². The fraction of sp³-hybridized carbons (Fsp3) is 0.200. The first kappa shape index (κ1) is 9.67. The Kier molecular flexibility index (Phi) is 2.64. The maximum absolute atomic E-state index is 10.7. The minimum absolute atomic E-state index is 0.470. The normalized spacial score (nSPS) is 10.5. The van der Waals surface area contributed by atoms with E-state index >= 15 is 0 Å². The number of H-pyrrole nitrogens is 1. The minimum atomic E-state index is -0.532. The minimum Gasteiger partial charge on any atom is -0.326 e. The van der Waals surface area contributed by atoms with Crippen molar-refractivity contribution in [3.05, 3.63) is 51.8 Å². The molecule has 0 saturated heterocycles. The van der Waals surface area contributed by atoms with Crippen molar-refractivity contribution in [3.63, 3.8) is 0 Å². The van der Waals surface area contributed by atoms with Gasteiger partial charge in [0, 0.05) is 13.0 Å². The van der Waals surface area contributed by atoms with Crippen molar-refractivity contribution in [1.29, 1.82) is 0 Å². The molecule has 1 aromatic carbocycles. The highest BCUT2D eigenvalue weighted by Crippen LogP contribution is 2.10. The Balaban J connectivity index is 2.27. The zero-order chi connectivity index (χ0) is 10.7. The Morgan fingerprint density at radius 1 is 1.33 bits per heavy atom. The number of benzene rings is 1. The lowest BCUT2D eigenvalue weighted by molar-refractivity contribution is 0.382. The van der Waals surface area contributed by atoms with Gasteiger partial charge in [-0.2, -0.15) is 0 Å². The second-order valence-electron chi connectivity index (χ2n) is 3.19. The van der Waals surface area contributed by atoms with Crippen LogP contribution < -0.4 is 11.5 Å². The molecule has 0 saturated carbocycles. The average molecular weight is 205 g/mol. The first-order valence-electron chi connectivity index (χ1n) is 4.61. The Morgan fingerprint density at radius 3 is 2.67 bits per heavy atom. The molecular weight excluding hydrogens is 194 g/mol. The van der Waals surface area contributed by atoms with Gasteiger partial charge in [0.15, 0.2) is 5.82 Å². The van der Waals surface area contributed by atoms with E-state index in [4.69, 9.17) is 5.73 Å². The molecule has 0 aliphatic heterocycles. The number of hydrogen-bond acceptors (Lipinski definition) is 4. The average Bonchev–Trinajstić information content (AvgIpc) is 2.65. The summed E-state index contributed by atoms with van der Waals surface area (Å²) in [5.41, 5.74) is 7.68. The molecule has 2 aromatic rings. The molecular formula is C10H11N3O2. The second kappa shape index (κ2) is 4.10. The van der Waals surface area contributed by atoms with Gasteiger partial charge in [0.25, 0.3) is 0 Å². The lowest BCUT2D eigenvalue weighted by Crippen LogP contribution is -2.03. The van der Waals surface area contributed by atoms with Crippen LogP contribution in [0, 0.1) is 0 Å². The van der Waals surface area contributed by atoms with Crippen LogP contribution in [0.3, 0.4) is 0 Å². The zero-order valence-electron chi connectivity index (χ0n) is 8.06. The first-order valence-corrected chi connectivity index (χ1v) is 4.61. The highest BCUT2D eigenvalue weighted by molar-refractivity contribution is 5.29. The SMILES string of the molecule is NCc1ccccc1Cc1noc(=O)[nH]1. The summed E-state index contributed by atoms with van der Waals surface area (Å²) in [6, 6.07) is 7.76. The number of rotatable bonds is 3. The van der Waals surface area contributed by atoms with Crippen molar-refractivity contribution in [2.75, 3.05) is 0 Å². The molecule has 0 unspecified atom stereocenters. The van der Waals surface area contributed by atoms with E-state index in [1.807, 2.05) is 24.3 Å². The van der Waals surface area contributed by atoms with Gasteiger partial charge >= 0.3 is 5.76 Å². The molecule has 2 rings (SSSR count). The third-order valence-corrected chi connectivity index (χ3v) is 2.18. The topological polar surface area (TPSA) is 84.9 Å². The lowest BCUT2D eigenvalue weighted by atomic mass is 10.0. The van der Waals surface area contributed by atoms with Crippen LogP contribution in [-0.4, -0.2) is 10.1 Å². The monoisotopic (exact) mass is 205 g/mol. The number of nitrogens with one attached hydrogen (secondary N) is 1. The zero-order valence-corrected chi connectivity index (χ0v) is 8.06. The molecule has 1 heterocycles. The van der Waals surface area contributed by atoms with Crippen molar-refractivity contribution in [1.82, 2.24) is 10.1 Å². The Labute approximate surface area is 85.9 Å². The lowest BCUT2D eigenvalue weighted by Gasteiger charge is -2.04. The Bertz CT molecular complexity index is 501. The predicted octanol–water partition coefficient (Wildman–Crippen LogP) is 0.412. The van der Waals surface area contributed by atoms with Crippen LogP contribution in [-0.2, 0) is 13.0 Å². The van der Waals surface area contributed by atoms with Crippen molar-refractivity contribution in [3.8, 4) is 0 Å². The first-order chi connectivity index (χ1) is 7.29. The molecule has 78 valence electrons. The van der Waals surface area contributed by atoms with Gasteiger partial charge in [0.05, 0.1) is 0 Å². The molecule has 5 heteroatoms. The summed E-state index contributed by atoms with van der Waals surface area (Å²) in [5, 5.41) is 3.60. The van der Waals surface area contributed by atoms with Gasteiger partial charge in [0.2, 0.25) is 0 Å². The maximum atomic E-state index is 10.7. The number of hydrogen-bond donors (Lipinski definition) is 2. The summed E-state index contributed by atoms with van der Waals surface area (Å²) in [5.74, 6) is -0.0175. The molecule has 0 bridgehead atoms. The van der Waals surface area contributed by atoms with E-state index in [9.17, 15) is 4.79 Å². The molecule has 0 spiro atoms. The van der Waals surface area contributed by atoms with E-state index in [0.29, 0.717) is 18.8 Å². The maximum Gasteiger partial charge on any atom is 0.438 e. The Hall–Kier alpha value is -1.88. The number of aromatic nitrogens is 2. The molecule has 0 amide bonds. The molecule has 0 atom stereocenters. The van der Waals surface area contributed by atoms with Crippen molar-refractivity contribution in [2.24, 2.45) is 5.73 Å². The van der Waals surface area contributed by atoms with Crippen LogP contribution in [0.5, 0.6) is 0 Å².